The Hall–Kier alpha value is -0.160. The summed E-state index contributed by atoms with van der Waals surface area (Å²) >= 11 is 0. The van der Waals surface area contributed by atoms with Crippen molar-refractivity contribution in [3.05, 3.63) is 0 Å². The van der Waals surface area contributed by atoms with Gasteiger partial charge in [0.05, 0.1) is 33.0 Å². The van der Waals surface area contributed by atoms with Crippen molar-refractivity contribution in [1.29, 1.82) is 0 Å². The van der Waals surface area contributed by atoms with E-state index in [0.717, 1.165) is 6.42 Å². The first-order valence-corrected chi connectivity index (χ1v) is 5.68. The Morgan fingerprint density at radius 3 is 1.87 bits per heavy atom. The van der Waals surface area contributed by atoms with Gasteiger partial charge in [-0.3, -0.25) is 0 Å². The van der Waals surface area contributed by atoms with Gasteiger partial charge in [0, 0.05) is 6.61 Å². The zero-order chi connectivity index (χ0) is 10.8. The topological polar surface area (TPSA) is 36.9 Å². The molecule has 0 aromatic carbocycles. The molecular formula is C11H20O4. The van der Waals surface area contributed by atoms with E-state index in [2.05, 4.69) is 6.92 Å². The van der Waals surface area contributed by atoms with Gasteiger partial charge in [-0.2, -0.15) is 0 Å². The van der Waals surface area contributed by atoms with Crippen LogP contribution in [0.5, 0.6) is 0 Å². The number of rotatable bonds is 6. The van der Waals surface area contributed by atoms with Gasteiger partial charge in [0.15, 0.2) is 0 Å². The molecule has 0 spiro atoms. The average molecular weight is 216 g/mol. The Labute approximate surface area is 90.8 Å². The van der Waals surface area contributed by atoms with E-state index < -0.39 is 0 Å². The van der Waals surface area contributed by atoms with Crippen molar-refractivity contribution in [2.75, 3.05) is 39.6 Å². The van der Waals surface area contributed by atoms with Crippen molar-refractivity contribution in [1.82, 2.24) is 0 Å². The molecule has 2 aliphatic rings. The highest BCUT2D eigenvalue weighted by atomic mass is 16.6. The van der Waals surface area contributed by atoms with Crippen LogP contribution < -0.4 is 0 Å². The zero-order valence-electron chi connectivity index (χ0n) is 9.58. The fourth-order valence-electron chi connectivity index (χ4n) is 1.85. The van der Waals surface area contributed by atoms with E-state index in [9.17, 15) is 0 Å². The molecular weight excluding hydrogens is 196 g/mol. The van der Waals surface area contributed by atoms with E-state index in [-0.39, 0.29) is 11.2 Å². The van der Waals surface area contributed by atoms with Gasteiger partial charge in [0.1, 0.15) is 11.2 Å². The van der Waals surface area contributed by atoms with Gasteiger partial charge < -0.3 is 18.9 Å². The Kier molecular flexibility index (Phi) is 3.30. The summed E-state index contributed by atoms with van der Waals surface area (Å²) in [6, 6.07) is 0. The van der Waals surface area contributed by atoms with E-state index in [1.54, 1.807) is 0 Å². The Bertz CT molecular complexity index is 203. The predicted molar refractivity (Wildman–Crippen MR) is 55.0 cm³/mol. The number of hydrogen-bond acceptors (Lipinski definition) is 4. The predicted octanol–water partition coefficient (Wildman–Crippen LogP) is 0.987. The lowest BCUT2D eigenvalue weighted by Crippen LogP contribution is -2.60. The maximum absolute atomic E-state index is 5.94. The standard InChI is InChI=1S/C11H20O4/c1-3-10(5-12-6-10)15-9-11(14-4-2)7-13-8-11/h3-9H2,1-2H3. The summed E-state index contributed by atoms with van der Waals surface area (Å²) in [5, 5.41) is 0. The molecule has 2 aliphatic heterocycles. The lowest BCUT2D eigenvalue weighted by molar-refractivity contribution is -0.278. The smallest absolute Gasteiger partial charge is 0.138 e. The summed E-state index contributed by atoms with van der Waals surface area (Å²) in [6.45, 7) is 8.21. The second-order valence-electron chi connectivity index (χ2n) is 4.43. The highest BCUT2D eigenvalue weighted by Gasteiger charge is 2.45. The van der Waals surface area contributed by atoms with Crippen LogP contribution in [0.3, 0.4) is 0 Å². The largest absolute Gasteiger partial charge is 0.375 e. The summed E-state index contributed by atoms with van der Waals surface area (Å²) in [5.74, 6) is 0. The molecule has 4 heteroatoms. The van der Waals surface area contributed by atoms with Crippen molar-refractivity contribution < 1.29 is 18.9 Å². The fraction of sp³-hybridized carbons (Fsp3) is 1.00. The average Bonchev–Trinajstić information content (AvgIpc) is 2.12. The van der Waals surface area contributed by atoms with E-state index in [0.29, 0.717) is 39.6 Å². The molecule has 0 amide bonds. The van der Waals surface area contributed by atoms with Crippen LogP contribution in [-0.2, 0) is 18.9 Å². The molecule has 2 saturated heterocycles. The second kappa shape index (κ2) is 4.37. The third-order valence-corrected chi connectivity index (χ3v) is 3.20. The molecule has 0 aromatic rings. The van der Waals surface area contributed by atoms with Crippen molar-refractivity contribution in [2.45, 2.75) is 31.5 Å². The van der Waals surface area contributed by atoms with Crippen LogP contribution in [0.1, 0.15) is 20.3 Å². The summed E-state index contributed by atoms with van der Waals surface area (Å²) in [5.41, 5.74) is -0.244. The number of hydrogen-bond donors (Lipinski definition) is 0. The fourth-order valence-corrected chi connectivity index (χ4v) is 1.85. The Morgan fingerprint density at radius 1 is 0.933 bits per heavy atom. The van der Waals surface area contributed by atoms with Gasteiger partial charge in [0.2, 0.25) is 0 Å². The first-order valence-electron chi connectivity index (χ1n) is 5.68. The Balaban J connectivity index is 1.80. The minimum Gasteiger partial charge on any atom is -0.375 e. The van der Waals surface area contributed by atoms with Crippen LogP contribution >= 0.6 is 0 Å². The summed E-state index contributed by atoms with van der Waals surface area (Å²) in [6.07, 6.45) is 0.996. The van der Waals surface area contributed by atoms with Crippen molar-refractivity contribution in [3.63, 3.8) is 0 Å². The summed E-state index contributed by atoms with van der Waals surface area (Å²) < 4.78 is 22.0. The normalized spacial score (nSPS) is 26.8. The minimum absolute atomic E-state index is 0.0559. The van der Waals surface area contributed by atoms with Gasteiger partial charge in [-0.05, 0) is 13.3 Å². The van der Waals surface area contributed by atoms with Crippen LogP contribution in [0, 0.1) is 0 Å². The molecule has 0 aromatic heterocycles. The van der Waals surface area contributed by atoms with Crippen molar-refractivity contribution >= 4 is 0 Å². The van der Waals surface area contributed by atoms with Crippen LogP contribution in [0.15, 0.2) is 0 Å². The van der Waals surface area contributed by atoms with E-state index in [1.165, 1.54) is 0 Å². The lowest BCUT2D eigenvalue weighted by Gasteiger charge is -2.46. The minimum atomic E-state index is -0.188. The summed E-state index contributed by atoms with van der Waals surface area (Å²) in [4.78, 5) is 0. The molecule has 0 saturated carbocycles. The third kappa shape index (κ3) is 2.18. The molecule has 0 bridgehead atoms. The first kappa shape index (κ1) is 11.3. The maximum Gasteiger partial charge on any atom is 0.138 e. The van der Waals surface area contributed by atoms with Gasteiger partial charge >= 0.3 is 0 Å². The highest BCUT2D eigenvalue weighted by Crippen LogP contribution is 2.30. The van der Waals surface area contributed by atoms with E-state index in [4.69, 9.17) is 18.9 Å². The van der Waals surface area contributed by atoms with E-state index in [1.807, 2.05) is 6.92 Å². The molecule has 88 valence electrons. The van der Waals surface area contributed by atoms with Gasteiger partial charge in [-0.15, -0.1) is 0 Å². The molecule has 0 radical (unpaired) electrons. The van der Waals surface area contributed by atoms with Crippen molar-refractivity contribution in [3.8, 4) is 0 Å². The quantitative estimate of drug-likeness (QED) is 0.663. The first-order chi connectivity index (χ1) is 7.24. The monoisotopic (exact) mass is 216 g/mol. The molecule has 2 rings (SSSR count). The zero-order valence-corrected chi connectivity index (χ0v) is 9.58. The molecule has 15 heavy (non-hydrogen) atoms. The third-order valence-electron chi connectivity index (χ3n) is 3.20. The highest BCUT2D eigenvalue weighted by molar-refractivity contribution is 4.92. The summed E-state index contributed by atoms with van der Waals surface area (Å²) in [7, 11) is 0. The van der Waals surface area contributed by atoms with Gasteiger partial charge in [-0.1, -0.05) is 6.92 Å². The molecule has 0 N–H and O–H groups in total. The SMILES string of the molecule is CCOC1(COC2(CC)COC2)COC1. The maximum atomic E-state index is 5.94. The van der Waals surface area contributed by atoms with Crippen LogP contribution in [0.4, 0.5) is 0 Å². The van der Waals surface area contributed by atoms with Gasteiger partial charge in [-0.25, -0.2) is 0 Å². The van der Waals surface area contributed by atoms with Crippen LogP contribution in [0.2, 0.25) is 0 Å². The molecule has 4 nitrogen and oxygen atoms in total. The second-order valence-corrected chi connectivity index (χ2v) is 4.43. The Morgan fingerprint density at radius 2 is 1.53 bits per heavy atom. The molecule has 2 heterocycles. The number of ether oxygens (including phenoxy) is 4. The van der Waals surface area contributed by atoms with E-state index >= 15 is 0 Å². The molecule has 2 fully saturated rings. The molecule has 0 unspecified atom stereocenters. The van der Waals surface area contributed by atoms with Gasteiger partial charge in [0.25, 0.3) is 0 Å². The van der Waals surface area contributed by atoms with Crippen molar-refractivity contribution in [2.24, 2.45) is 0 Å². The lowest BCUT2D eigenvalue weighted by atomic mass is 9.97. The van der Waals surface area contributed by atoms with Crippen LogP contribution in [0.25, 0.3) is 0 Å². The molecule has 0 aliphatic carbocycles. The molecule has 0 atom stereocenters. The van der Waals surface area contributed by atoms with Crippen LogP contribution in [-0.4, -0.2) is 50.8 Å².